The van der Waals surface area contributed by atoms with Crippen molar-refractivity contribution in [2.45, 2.75) is 31.5 Å². The molecule has 1 saturated heterocycles. The summed E-state index contributed by atoms with van der Waals surface area (Å²) in [6, 6.07) is 6.75. The normalized spacial score (nSPS) is 22.3. The van der Waals surface area contributed by atoms with E-state index in [2.05, 4.69) is 25.6 Å². The molecule has 0 spiro atoms. The van der Waals surface area contributed by atoms with Crippen LogP contribution in [0.15, 0.2) is 29.8 Å². The molecule has 0 radical (unpaired) electrons. The molecule has 0 bridgehead atoms. The van der Waals surface area contributed by atoms with Crippen molar-refractivity contribution >= 4 is 11.3 Å². The van der Waals surface area contributed by atoms with Gasteiger partial charge in [-0.2, -0.15) is 0 Å². The number of rotatable bonds is 6. The second kappa shape index (κ2) is 7.05. The average molecular weight is 330 g/mol. The van der Waals surface area contributed by atoms with Gasteiger partial charge in [-0.05, 0) is 25.0 Å². The molecule has 0 unspecified atom stereocenters. The molecule has 1 N–H and O–H groups in total. The molecule has 3 heterocycles. The molecule has 1 saturated carbocycles. The van der Waals surface area contributed by atoms with Crippen LogP contribution in [-0.4, -0.2) is 53.3 Å². The fourth-order valence-corrected chi connectivity index (χ4v) is 3.79. The van der Waals surface area contributed by atoms with Gasteiger partial charge >= 0.3 is 0 Å². The minimum Gasteiger partial charge on any atom is -0.374 e. The molecule has 1 aliphatic carbocycles. The number of morpholine rings is 1. The lowest BCUT2D eigenvalue weighted by molar-refractivity contribution is -0.0301. The Kier molecular flexibility index (Phi) is 4.66. The largest absolute Gasteiger partial charge is 0.374 e. The molecule has 6 heteroatoms. The number of aromatic nitrogens is 2. The van der Waals surface area contributed by atoms with Gasteiger partial charge in [0.25, 0.3) is 0 Å². The summed E-state index contributed by atoms with van der Waals surface area (Å²) in [6.45, 7) is 4.70. The molecule has 2 aliphatic rings. The van der Waals surface area contributed by atoms with Crippen molar-refractivity contribution in [1.82, 2.24) is 20.2 Å². The Balaban J connectivity index is 1.26. The van der Waals surface area contributed by atoms with Gasteiger partial charge in [-0.15, -0.1) is 11.3 Å². The summed E-state index contributed by atoms with van der Waals surface area (Å²) in [4.78, 5) is 11.6. The van der Waals surface area contributed by atoms with Crippen molar-refractivity contribution in [2.75, 3.05) is 26.2 Å². The van der Waals surface area contributed by atoms with Crippen LogP contribution in [0.25, 0.3) is 10.7 Å². The van der Waals surface area contributed by atoms with Gasteiger partial charge in [0.15, 0.2) is 0 Å². The van der Waals surface area contributed by atoms with Crippen LogP contribution in [0.3, 0.4) is 0 Å². The first-order chi connectivity index (χ1) is 11.4. The lowest BCUT2D eigenvalue weighted by Gasteiger charge is -2.33. The van der Waals surface area contributed by atoms with Crippen molar-refractivity contribution in [3.63, 3.8) is 0 Å². The second-order valence-electron chi connectivity index (χ2n) is 6.21. The Morgan fingerprint density at radius 1 is 1.35 bits per heavy atom. The van der Waals surface area contributed by atoms with Crippen molar-refractivity contribution < 1.29 is 4.74 Å². The Bertz CT molecular complexity index is 629. The van der Waals surface area contributed by atoms with Gasteiger partial charge in [0.2, 0.25) is 0 Å². The zero-order valence-electron chi connectivity index (χ0n) is 13.1. The topological polar surface area (TPSA) is 50.3 Å². The molecule has 2 aromatic rings. The first-order valence-electron chi connectivity index (χ1n) is 8.30. The van der Waals surface area contributed by atoms with Gasteiger partial charge in [-0.1, -0.05) is 6.07 Å². The maximum Gasteiger partial charge on any atom is 0.142 e. The van der Waals surface area contributed by atoms with E-state index < -0.39 is 0 Å². The smallest absolute Gasteiger partial charge is 0.142 e. The average Bonchev–Trinajstić information content (AvgIpc) is 3.35. The zero-order valence-corrected chi connectivity index (χ0v) is 14.0. The van der Waals surface area contributed by atoms with E-state index in [1.165, 1.54) is 12.8 Å². The molecule has 23 heavy (non-hydrogen) atoms. The maximum absolute atomic E-state index is 5.87. The minimum atomic E-state index is 0.304. The molecule has 5 nitrogen and oxygen atoms in total. The molecular weight excluding hydrogens is 308 g/mol. The van der Waals surface area contributed by atoms with Gasteiger partial charge in [-0.25, -0.2) is 4.98 Å². The van der Waals surface area contributed by atoms with Crippen LogP contribution in [0.2, 0.25) is 0 Å². The first kappa shape index (κ1) is 15.2. The standard InChI is InChI=1S/C17H22N4OS/c1-2-6-19-16(3-1)17-20-13(12-23-17)9-18-10-15-11-21(7-8-22-15)14-4-5-14/h1-3,6,12,14-15,18H,4-5,7-11H2/t15-/m1/s1. The molecular formula is C17H22N4OS. The lowest BCUT2D eigenvalue weighted by Crippen LogP contribution is -2.47. The third-order valence-electron chi connectivity index (χ3n) is 4.35. The van der Waals surface area contributed by atoms with Crippen molar-refractivity contribution in [3.05, 3.63) is 35.5 Å². The van der Waals surface area contributed by atoms with Gasteiger partial charge < -0.3 is 10.1 Å². The van der Waals surface area contributed by atoms with Crippen molar-refractivity contribution in [3.8, 4) is 10.7 Å². The number of thiazole rings is 1. The summed E-state index contributed by atoms with van der Waals surface area (Å²) >= 11 is 1.65. The number of hydrogen-bond acceptors (Lipinski definition) is 6. The predicted molar refractivity (Wildman–Crippen MR) is 91.4 cm³/mol. The van der Waals surface area contributed by atoms with E-state index in [1.807, 2.05) is 18.2 Å². The quantitative estimate of drug-likeness (QED) is 0.879. The lowest BCUT2D eigenvalue weighted by atomic mass is 10.2. The minimum absolute atomic E-state index is 0.304. The van der Waals surface area contributed by atoms with Crippen LogP contribution >= 0.6 is 11.3 Å². The van der Waals surface area contributed by atoms with E-state index in [4.69, 9.17) is 4.74 Å². The molecule has 1 aliphatic heterocycles. The number of hydrogen-bond donors (Lipinski definition) is 1. The molecule has 0 amide bonds. The second-order valence-corrected chi connectivity index (χ2v) is 7.07. The summed E-state index contributed by atoms with van der Waals surface area (Å²) < 4.78 is 5.87. The maximum atomic E-state index is 5.87. The highest BCUT2D eigenvalue weighted by Gasteiger charge is 2.32. The van der Waals surface area contributed by atoms with E-state index in [1.54, 1.807) is 17.5 Å². The fraction of sp³-hybridized carbons (Fsp3) is 0.529. The summed E-state index contributed by atoms with van der Waals surface area (Å²) in [5, 5.41) is 6.58. The highest BCUT2D eigenvalue weighted by atomic mass is 32.1. The molecule has 0 aromatic carbocycles. The molecule has 2 fully saturated rings. The van der Waals surface area contributed by atoms with Gasteiger partial charge in [0, 0.05) is 43.8 Å². The molecule has 122 valence electrons. The number of nitrogens with zero attached hydrogens (tertiary/aromatic N) is 3. The van der Waals surface area contributed by atoms with Crippen LogP contribution in [0.4, 0.5) is 0 Å². The van der Waals surface area contributed by atoms with E-state index >= 15 is 0 Å². The summed E-state index contributed by atoms with van der Waals surface area (Å²) in [6.07, 6.45) is 4.85. The van der Waals surface area contributed by atoms with Crippen LogP contribution in [-0.2, 0) is 11.3 Å². The summed E-state index contributed by atoms with van der Waals surface area (Å²) in [5.41, 5.74) is 2.02. The van der Waals surface area contributed by atoms with Crippen LogP contribution in [0.1, 0.15) is 18.5 Å². The first-order valence-corrected chi connectivity index (χ1v) is 9.18. The van der Waals surface area contributed by atoms with Crippen molar-refractivity contribution in [2.24, 2.45) is 0 Å². The summed E-state index contributed by atoms with van der Waals surface area (Å²) in [5.74, 6) is 0. The predicted octanol–water partition coefficient (Wildman–Crippen LogP) is 2.16. The van der Waals surface area contributed by atoms with E-state index in [9.17, 15) is 0 Å². The van der Waals surface area contributed by atoms with Crippen molar-refractivity contribution in [1.29, 1.82) is 0 Å². The van der Waals surface area contributed by atoms with Crippen LogP contribution in [0, 0.1) is 0 Å². The van der Waals surface area contributed by atoms with E-state index in [0.29, 0.717) is 6.10 Å². The van der Waals surface area contributed by atoms with Crippen LogP contribution in [0.5, 0.6) is 0 Å². The van der Waals surface area contributed by atoms with Crippen LogP contribution < -0.4 is 5.32 Å². The SMILES string of the molecule is c1ccc(-c2nc(CNC[C@@H]3CN(C4CC4)CCO3)cs2)nc1. The molecule has 2 aromatic heterocycles. The zero-order chi connectivity index (χ0) is 15.5. The van der Waals surface area contributed by atoms with Gasteiger partial charge in [0.1, 0.15) is 5.01 Å². The summed E-state index contributed by atoms with van der Waals surface area (Å²) in [7, 11) is 0. The number of nitrogens with one attached hydrogen (secondary N) is 1. The van der Waals surface area contributed by atoms with Gasteiger partial charge in [-0.3, -0.25) is 9.88 Å². The number of pyridine rings is 1. The third kappa shape index (κ3) is 3.95. The number of ether oxygens (including phenoxy) is 1. The molecule has 4 rings (SSSR count). The Morgan fingerprint density at radius 3 is 3.13 bits per heavy atom. The highest BCUT2D eigenvalue weighted by molar-refractivity contribution is 7.13. The fourth-order valence-electron chi connectivity index (χ4n) is 2.99. The van der Waals surface area contributed by atoms with E-state index in [0.717, 1.165) is 55.2 Å². The Morgan fingerprint density at radius 2 is 2.30 bits per heavy atom. The molecule has 1 atom stereocenters. The Hall–Kier alpha value is -1.34. The monoisotopic (exact) mass is 330 g/mol. The van der Waals surface area contributed by atoms with E-state index in [-0.39, 0.29) is 0 Å². The highest BCUT2D eigenvalue weighted by Crippen LogP contribution is 2.28. The third-order valence-corrected chi connectivity index (χ3v) is 5.26. The van der Waals surface area contributed by atoms with Gasteiger partial charge in [0.05, 0.1) is 24.1 Å². The Labute approximate surface area is 140 Å².